The van der Waals surface area contributed by atoms with Crippen LogP contribution in [-0.2, 0) is 23.1 Å². The minimum atomic E-state index is -3.62. The lowest BCUT2D eigenvalue weighted by Crippen LogP contribution is -2.65. The monoisotopic (exact) mass is 446 g/mol. The summed E-state index contributed by atoms with van der Waals surface area (Å²) in [5, 5.41) is 17.2. The third-order valence-corrected chi connectivity index (χ3v) is 8.58. The summed E-state index contributed by atoms with van der Waals surface area (Å²) in [5.41, 5.74) is 1.68. The van der Waals surface area contributed by atoms with Crippen molar-refractivity contribution in [3.8, 4) is 5.75 Å². The van der Waals surface area contributed by atoms with E-state index in [2.05, 4.69) is 10.2 Å². The summed E-state index contributed by atoms with van der Waals surface area (Å²) in [7, 11) is -2.05. The number of hydrogen-bond acceptors (Lipinski definition) is 7. The van der Waals surface area contributed by atoms with Crippen molar-refractivity contribution in [1.82, 2.24) is 0 Å². The summed E-state index contributed by atoms with van der Waals surface area (Å²) in [4.78, 5) is 12.5. The lowest BCUT2D eigenvalue weighted by Gasteiger charge is -2.40. The highest BCUT2D eigenvalue weighted by Crippen LogP contribution is 2.38. The molecule has 0 aliphatic rings. The molecule has 0 spiro atoms. The molecule has 0 saturated heterocycles. The Morgan fingerprint density at radius 1 is 0.935 bits per heavy atom. The van der Waals surface area contributed by atoms with Crippen molar-refractivity contribution in [3.05, 3.63) is 54.1 Å². The molecule has 0 heterocycles. The third kappa shape index (κ3) is 5.19. The van der Waals surface area contributed by atoms with Crippen LogP contribution < -0.4 is 4.74 Å². The highest BCUT2D eigenvalue weighted by atomic mass is 28.4. The Bertz CT molecular complexity index is 873. The molecule has 9 heteroatoms. The van der Waals surface area contributed by atoms with E-state index in [1.807, 2.05) is 12.1 Å². The van der Waals surface area contributed by atoms with Gasteiger partial charge >= 0.3 is 14.8 Å². The van der Waals surface area contributed by atoms with E-state index < -0.39 is 19.8 Å². The molecule has 8 nitrogen and oxygen atoms in total. The van der Waals surface area contributed by atoms with Gasteiger partial charge in [-0.2, -0.15) is 5.11 Å². The van der Waals surface area contributed by atoms with Crippen LogP contribution in [-0.4, -0.2) is 46.8 Å². The van der Waals surface area contributed by atoms with Crippen molar-refractivity contribution in [3.63, 3.8) is 0 Å². The first-order valence-corrected chi connectivity index (χ1v) is 11.9. The molecule has 0 aliphatic heterocycles. The van der Waals surface area contributed by atoms with Gasteiger partial charge in [0.1, 0.15) is 11.4 Å². The second-order valence-corrected chi connectivity index (χ2v) is 9.68. The van der Waals surface area contributed by atoms with Gasteiger partial charge in [0, 0.05) is 19.8 Å². The molecule has 1 unspecified atom stereocenters. The summed E-state index contributed by atoms with van der Waals surface area (Å²) in [6, 6.07) is 14.1. The lowest BCUT2D eigenvalue weighted by molar-refractivity contribution is -0.143. The lowest BCUT2D eigenvalue weighted by atomic mass is 10.00. The summed E-state index contributed by atoms with van der Waals surface area (Å²) in [6.45, 7) is 7.81. The number of carboxylic acid groups (broad SMARTS) is 1. The van der Waals surface area contributed by atoms with E-state index in [0.29, 0.717) is 22.7 Å². The van der Waals surface area contributed by atoms with Crippen LogP contribution in [0.3, 0.4) is 0 Å². The van der Waals surface area contributed by atoms with Gasteiger partial charge < -0.3 is 23.1 Å². The van der Waals surface area contributed by atoms with Crippen molar-refractivity contribution < 1.29 is 27.9 Å². The first-order chi connectivity index (χ1) is 14.9. The number of azo groups is 1. The van der Waals surface area contributed by atoms with E-state index in [9.17, 15) is 9.90 Å². The minimum Gasteiger partial charge on any atom is -0.494 e. The predicted molar refractivity (Wildman–Crippen MR) is 119 cm³/mol. The maximum Gasteiger partial charge on any atom is 0.523 e. The number of aliphatic carboxylic acids is 1. The van der Waals surface area contributed by atoms with E-state index in [1.165, 1.54) is 0 Å². The summed E-state index contributed by atoms with van der Waals surface area (Å²) < 4.78 is 23.0. The molecule has 0 radical (unpaired) electrons. The van der Waals surface area contributed by atoms with Crippen molar-refractivity contribution in [2.45, 2.75) is 32.7 Å². The van der Waals surface area contributed by atoms with Gasteiger partial charge in [-0.15, -0.1) is 5.11 Å². The number of ether oxygens (including phenoxy) is 1. The standard InChI is InChI=1S/C22H30N2O6Si/c1-6-28-31(29-7-2,30-8-3)22(4,21(25)26)17-13-15-18(16-14-17)23-24-19-11-9-10-12-20(19)27-5/h9-16H,6-8H2,1-5H3,(H,25,26). The average molecular weight is 447 g/mol. The largest absolute Gasteiger partial charge is 0.523 e. The number of hydrogen-bond donors (Lipinski definition) is 1. The number of rotatable bonds is 12. The molecule has 0 fully saturated rings. The zero-order valence-electron chi connectivity index (χ0n) is 18.6. The van der Waals surface area contributed by atoms with Crippen LogP contribution in [0.4, 0.5) is 11.4 Å². The summed E-state index contributed by atoms with van der Waals surface area (Å²) in [6.07, 6.45) is 0. The average Bonchev–Trinajstić information content (AvgIpc) is 2.78. The molecule has 1 atom stereocenters. The molecule has 0 bridgehead atoms. The number of benzene rings is 2. The fourth-order valence-electron chi connectivity index (χ4n) is 3.24. The Morgan fingerprint density at radius 3 is 1.97 bits per heavy atom. The molecule has 0 amide bonds. The van der Waals surface area contributed by atoms with Gasteiger partial charge in [0.25, 0.3) is 0 Å². The summed E-state index contributed by atoms with van der Waals surface area (Å²) >= 11 is 0. The number of carbonyl (C=O) groups is 1. The Hall–Kier alpha value is -2.59. The molecule has 1 N–H and O–H groups in total. The Kier molecular flexibility index (Phi) is 8.87. The normalized spacial score (nSPS) is 13.8. The van der Waals surface area contributed by atoms with Gasteiger partial charge in [0.2, 0.25) is 0 Å². The van der Waals surface area contributed by atoms with Crippen LogP contribution in [0.15, 0.2) is 58.8 Å². The quantitative estimate of drug-likeness (QED) is 0.362. The van der Waals surface area contributed by atoms with Crippen LogP contribution in [0.25, 0.3) is 0 Å². The van der Waals surface area contributed by atoms with Crippen LogP contribution in [0, 0.1) is 0 Å². The highest BCUT2D eigenvalue weighted by Gasteiger charge is 2.64. The number of nitrogens with zero attached hydrogens (tertiary/aromatic N) is 2. The van der Waals surface area contributed by atoms with Crippen molar-refractivity contribution >= 4 is 26.1 Å². The smallest absolute Gasteiger partial charge is 0.494 e. The molecule has 2 rings (SSSR count). The van der Waals surface area contributed by atoms with Crippen LogP contribution in [0.1, 0.15) is 33.3 Å². The fraction of sp³-hybridized carbons (Fsp3) is 0.409. The van der Waals surface area contributed by atoms with E-state index in [1.54, 1.807) is 71.2 Å². The molecule has 168 valence electrons. The van der Waals surface area contributed by atoms with Gasteiger partial charge in [0.05, 0.1) is 12.8 Å². The zero-order valence-corrected chi connectivity index (χ0v) is 19.6. The Labute approximate surface area is 184 Å². The number of carboxylic acids is 1. The molecule has 0 saturated carbocycles. The second kappa shape index (κ2) is 11.1. The highest BCUT2D eigenvalue weighted by molar-refractivity contribution is 6.68. The van der Waals surface area contributed by atoms with Crippen LogP contribution in [0.5, 0.6) is 5.75 Å². The maximum absolute atomic E-state index is 12.5. The van der Waals surface area contributed by atoms with E-state index in [-0.39, 0.29) is 19.8 Å². The van der Waals surface area contributed by atoms with Crippen molar-refractivity contribution in [2.75, 3.05) is 26.9 Å². The minimum absolute atomic E-state index is 0.278. The van der Waals surface area contributed by atoms with Crippen molar-refractivity contribution in [2.24, 2.45) is 10.2 Å². The Morgan fingerprint density at radius 2 is 1.48 bits per heavy atom. The topological polar surface area (TPSA) is 98.9 Å². The first kappa shape index (κ1) is 24.7. The van der Waals surface area contributed by atoms with E-state index >= 15 is 0 Å². The van der Waals surface area contributed by atoms with Crippen LogP contribution >= 0.6 is 0 Å². The molecule has 0 aliphatic carbocycles. The zero-order chi connectivity index (χ0) is 22.9. The SMILES string of the molecule is CCO[Si](OCC)(OCC)C(C)(C(=O)O)c1ccc(N=Nc2ccccc2OC)cc1. The van der Waals surface area contributed by atoms with Crippen LogP contribution in [0.2, 0.25) is 0 Å². The molecular formula is C22H30N2O6Si. The van der Waals surface area contributed by atoms with E-state index in [0.717, 1.165) is 0 Å². The fourth-order valence-corrected chi connectivity index (χ4v) is 6.28. The molecule has 0 aromatic heterocycles. The maximum atomic E-state index is 12.5. The second-order valence-electron chi connectivity index (χ2n) is 6.70. The first-order valence-electron chi connectivity index (χ1n) is 10.2. The molecule has 2 aromatic carbocycles. The summed E-state index contributed by atoms with van der Waals surface area (Å²) in [5.74, 6) is -0.458. The predicted octanol–water partition coefficient (Wildman–Crippen LogP) is 5.04. The third-order valence-electron chi connectivity index (χ3n) is 4.85. The molecule has 2 aromatic rings. The Balaban J connectivity index is 2.43. The van der Waals surface area contributed by atoms with Gasteiger partial charge in [0.15, 0.2) is 5.04 Å². The van der Waals surface area contributed by atoms with Gasteiger partial charge in [-0.05, 0) is 57.5 Å². The molecule has 31 heavy (non-hydrogen) atoms. The van der Waals surface area contributed by atoms with E-state index in [4.69, 9.17) is 18.0 Å². The number of methoxy groups -OCH3 is 1. The van der Waals surface area contributed by atoms with Crippen molar-refractivity contribution in [1.29, 1.82) is 0 Å². The number of para-hydroxylation sites is 1. The molecular weight excluding hydrogens is 416 g/mol. The van der Waals surface area contributed by atoms with Gasteiger partial charge in [-0.3, -0.25) is 4.79 Å². The van der Waals surface area contributed by atoms with Gasteiger partial charge in [-0.25, -0.2) is 0 Å². The van der Waals surface area contributed by atoms with Gasteiger partial charge in [-0.1, -0.05) is 24.3 Å².